The van der Waals surface area contributed by atoms with E-state index in [0.29, 0.717) is 40.0 Å². The second-order valence-corrected chi connectivity index (χ2v) is 8.57. The van der Waals surface area contributed by atoms with Crippen LogP contribution in [-0.4, -0.2) is 24.0 Å². The highest BCUT2D eigenvalue weighted by Gasteiger charge is 2.34. The third-order valence-electron chi connectivity index (χ3n) is 5.68. The lowest BCUT2D eigenvalue weighted by Gasteiger charge is -2.29. The van der Waals surface area contributed by atoms with Crippen molar-refractivity contribution >= 4 is 40.9 Å². The molecule has 4 aromatic carbocycles. The third kappa shape index (κ3) is 5.40. The molecule has 0 atom stereocenters. The Labute approximate surface area is 224 Å². The van der Waals surface area contributed by atoms with Crippen molar-refractivity contribution in [1.29, 1.82) is 0 Å². The number of amides is 2. The molecule has 0 spiro atoms. The second-order valence-electron chi connectivity index (χ2n) is 8.18. The summed E-state index contributed by atoms with van der Waals surface area (Å²) < 4.78 is 17.0. The van der Waals surface area contributed by atoms with E-state index < -0.39 is 11.8 Å². The molecule has 7 nitrogen and oxygen atoms in total. The second kappa shape index (κ2) is 11.0. The van der Waals surface area contributed by atoms with Gasteiger partial charge in [0.25, 0.3) is 11.8 Å². The maximum atomic E-state index is 13.5. The van der Waals surface area contributed by atoms with Crippen molar-refractivity contribution < 1.29 is 23.8 Å². The summed E-state index contributed by atoms with van der Waals surface area (Å²) in [6.45, 7) is 0. The van der Waals surface area contributed by atoms with Crippen molar-refractivity contribution in [3.8, 4) is 28.7 Å². The minimum atomic E-state index is -0.584. The zero-order chi connectivity index (χ0) is 26.5. The van der Waals surface area contributed by atoms with Crippen LogP contribution in [0.25, 0.3) is 6.08 Å². The van der Waals surface area contributed by atoms with Gasteiger partial charge in [0.2, 0.25) is 0 Å². The first-order valence-corrected chi connectivity index (χ1v) is 12.1. The van der Waals surface area contributed by atoms with E-state index in [1.165, 1.54) is 11.0 Å². The highest BCUT2D eigenvalue weighted by Crippen LogP contribution is 2.31. The van der Waals surface area contributed by atoms with Crippen molar-refractivity contribution in [2.45, 2.75) is 0 Å². The molecule has 0 saturated carbocycles. The number of hydrogen-bond donors (Lipinski definition) is 1. The zero-order valence-electron chi connectivity index (χ0n) is 20.3. The van der Waals surface area contributed by atoms with Crippen LogP contribution >= 0.6 is 12.2 Å². The molecule has 1 fully saturated rings. The standard InChI is InChI=1S/C30H22N2O5S/c1-35-22-15-17-25(18-16-22)37-27-10-6-5-7-20(27)19-26-28(33)31-30(38)32(29(26)34)21-11-13-24(14-12-21)36-23-8-3-2-4-9-23/h2-19H,1H3,(H,31,33,38). The highest BCUT2D eigenvalue weighted by molar-refractivity contribution is 7.80. The van der Waals surface area contributed by atoms with E-state index in [0.717, 1.165) is 0 Å². The molecule has 2 amide bonds. The van der Waals surface area contributed by atoms with Crippen molar-refractivity contribution in [2.75, 3.05) is 12.0 Å². The first-order valence-electron chi connectivity index (χ1n) is 11.7. The minimum absolute atomic E-state index is 0.00311. The molecular formula is C30H22N2O5S. The van der Waals surface area contributed by atoms with Gasteiger partial charge in [-0.15, -0.1) is 0 Å². The molecule has 0 aliphatic carbocycles. The van der Waals surface area contributed by atoms with Gasteiger partial charge in [0.15, 0.2) is 5.11 Å². The summed E-state index contributed by atoms with van der Waals surface area (Å²) in [4.78, 5) is 27.6. The Bertz CT molecular complexity index is 1520. The Kier molecular flexibility index (Phi) is 7.15. The fourth-order valence-electron chi connectivity index (χ4n) is 3.80. The van der Waals surface area contributed by atoms with Crippen molar-refractivity contribution in [3.63, 3.8) is 0 Å². The number of anilines is 1. The Hall–Kier alpha value is -4.95. The number of ether oxygens (including phenoxy) is 3. The summed E-state index contributed by atoms with van der Waals surface area (Å²) in [5.74, 6) is 1.92. The molecule has 1 aliphatic rings. The Morgan fingerprint density at radius 3 is 2.00 bits per heavy atom. The molecule has 0 unspecified atom stereocenters. The Morgan fingerprint density at radius 1 is 0.711 bits per heavy atom. The Balaban J connectivity index is 1.40. The number of nitrogens with one attached hydrogen (secondary N) is 1. The smallest absolute Gasteiger partial charge is 0.270 e. The summed E-state index contributed by atoms with van der Waals surface area (Å²) in [5.41, 5.74) is 0.976. The molecular weight excluding hydrogens is 500 g/mol. The summed E-state index contributed by atoms with van der Waals surface area (Å²) >= 11 is 5.33. The Morgan fingerprint density at radius 2 is 1.29 bits per heavy atom. The van der Waals surface area contributed by atoms with Gasteiger partial charge in [0, 0.05) is 5.56 Å². The first kappa shape index (κ1) is 24.7. The number of thiocarbonyl (C=S) groups is 1. The van der Waals surface area contributed by atoms with E-state index in [1.54, 1.807) is 73.8 Å². The van der Waals surface area contributed by atoms with Gasteiger partial charge in [0.05, 0.1) is 12.8 Å². The lowest BCUT2D eigenvalue weighted by Crippen LogP contribution is -2.54. The normalized spacial score (nSPS) is 14.3. The van der Waals surface area contributed by atoms with E-state index in [-0.39, 0.29) is 10.7 Å². The molecule has 4 aromatic rings. The number of methoxy groups -OCH3 is 1. The molecule has 1 heterocycles. The van der Waals surface area contributed by atoms with Crippen LogP contribution < -0.4 is 24.4 Å². The van der Waals surface area contributed by atoms with Crippen LogP contribution in [0.2, 0.25) is 0 Å². The monoisotopic (exact) mass is 522 g/mol. The van der Waals surface area contributed by atoms with Gasteiger partial charge in [-0.1, -0.05) is 36.4 Å². The molecule has 1 aliphatic heterocycles. The van der Waals surface area contributed by atoms with E-state index in [9.17, 15) is 9.59 Å². The fraction of sp³-hybridized carbons (Fsp3) is 0.0333. The summed E-state index contributed by atoms with van der Waals surface area (Å²) in [6.07, 6.45) is 1.50. The van der Waals surface area contributed by atoms with E-state index in [2.05, 4.69) is 5.32 Å². The van der Waals surface area contributed by atoms with Crippen LogP contribution in [0.5, 0.6) is 28.7 Å². The molecule has 188 valence electrons. The van der Waals surface area contributed by atoms with Gasteiger partial charge in [0.1, 0.15) is 34.3 Å². The zero-order valence-corrected chi connectivity index (χ0v) is 21.1. The average Bonchev–Trinajstić information content (AvgIpc) is 2.94. The molecule has 0 aromatic heterocycles. The van der Waals surface area contributed by atoms with Crippen molar-refractivity contribution in [2.24, 2.45) is 0 Å². The minimum Gasteiger partial charge on any atom is -0.497 e. The SMILES string of the molecule is COc1ccc(Oc2ccccc2C=C2C(=O)NC(=S)N(c3ccc(Oc4ccccc4)cc3)C2=O)cc1. The number of benzene rings is 4. The number of para-hydroxylation sites is 2. The van der Waals surface area contributed by atoms with Gasteiger partial charge < -0.3 is 14.2 Å². The summed E-state index contributed by atoms with van der Waals surface area (Å²) in [5, 5.41) is 2.61. The van der Waals surface area contributed by atoms with E-state index >= 15 is 0 Å². The summed E-state index contributed by atoms with van der Waals surface area (Å²) in [6, 6.07) is 30.5. The largest absolute Gasteiger partial charge is 0.497 e. The van der Waals surface area contributed by atoms with Crippen LogP contribution in [0.4, 0.5) is 5.69 Å². The molecule has 0 radical (unpaired) electrons. The highest BCUT2D eigenvalue weighted by atomic mass is 32.1. The van der Waals surface area contributed by atoms with E-state index in [1.807, 2.05) is 36.4 Å². The van der Waals surface area contributed by atoms with Gasteiger partial charge in [-0.25, -0.2) is 0 Å². The maximum absolute atomic E-state index is 13.5. The lowest BCUT2D eigenvalue weighted by molar-refractivity contribution is -0.122. The van der Waals surface area contributed by atoms with Gasteiger partial charge in [-0.3, -0.25) is 19.8 Å². The molecule has 1 N–H and O–H groups in total. The predicted octanol–water partition coefficient (Wildman–Crippen LogP) is 6.11. The number of carbonyl (C=O) groups excluding carboxylic acids is 2. The number of hydrogen-bond acceptors (Lipinski definition) is 6. The predicted molar refractivity (Wildman–Crippen MR) is 149 cm³/mol. The van der Waals surface area contributed by atoms with E-state index in [4.69, 9.17) is 26.4 Å². The van der Waals surface area contributed by atoms with Crippen LogP contribution in [0.15, 0.2) is 109 Å². The van der Waals surface area contributed by atoms with Crippen molar-refractivity contribution in [3.05, 3.63) is 114 Å². The fourth-order valence-corrected chi connectivity index (χ4v) is 4.08. The molecule has 1 saturated heterocycles. The number of nitrogens with zero attached hydrogens (tertiary/aromatic N) is 1. The average molecular weight is 523 g/mol. The topological polar surface area (TPSA) is 77.1 Å². The molecule has 8 heteroatoms. The molecule has 5 rings (SSSR count). The third-order valence-corrected chi connectivity index (χ3v) is 5.97. The van der Waals surface area contributed by atoms with Crippen LogP contribution in [0.1, 0.15) is 5.56 Å². The molecule has 0 bridgehead atoms. The lowest BCUT2D eigenvalue weighted by atomic mass is 10.1. The molecule has 38 heavy (non-hydrogen) atoms. The van der Waals surface area contributed by atoms with Crippen LogP contribution in [0, 0.1) is 0 Å². The number of rotatable bonds is 7. The van der Waals surface area contributed by atoms with Crippen LogP contribution in [-0.2, 0) is 9.59 Å². The summed E-state index contributed by atoms with van der Waals surface area (Å²) in [7, 11) is 1.59. The quantitative estimate of drug-likeness (QED) is 0.179. The van der Waals surface area contributed by atoms with Crippen LogP contribution in [0.3, 0.4) is 0 Å². The maximum Gasteiger partial charge on any atom is 0.270 e. The van der Waals surface area contributed by atoms with Gasteiger partial charge >= 0.3 is 0 Å². The first-order chi connectivity index (χ1) is 18.5. The van der Waals surface area contributed by atoms with Gasteiger partial charge in [-0.2, -0.15) is 0 Å². The van der Waals surface area contributed by atoms with Crippen molar-refractivity contribution in [1.82, 2.24) is 5.32 Å². The number of carbonyl (C=O) groups is 2. The van der Waals surface area contributed by atoms with Gasteiger partial charge in [-0.05, 0) is 85.0 Å².